The van der Waals surface area contributed by atoms with Gasteiger partial charge in [0.15, 0.2) is 0 Å². The third kappa shape index (κ3) is 1.73. The lowest BCUT2D eigenvalue weighted by Gasteiger charge is -2.06. The average Bonchev–Trinajstić information content (AvgIpc) is 2.81. The van der Waals surface area contributed by atoms with E-state index in [-0.39, 0.29) is 0 Å². The highest BCUT2D eigenvalue weighted by Crippen LogP contribution is 2.15. The molecule has 2 aromatic rings. The summed E-state index contributed by atoms with van der Waals surface area (Å²) in [6, 6.07) is 7.75. The molecule has 0 bridgehead atoms. The standard InChI is InChI=1S/C11H10N4/c12-6-9-1-2-11(10(5-9)7-13)15-4-3-14-8-15/h1-5,8H,6,12H2. The molecule has 0 radical (unpaired) electrons. The zero-order valence-corrected chi connectivity index (χ0v) is 8.09. The summed E-state index contributed by atoms with van der Waals surface area (Å²) in [7, 11) is 0. The van der Waals surface area contributed by atoms with Crippen LogP contribution in [0.15, 0.2) is 36.9 Å². The molecule has 1 aromatic carbocycles. The molecule has 0 amide bonds. The molecule has 2 N–H and O–H groups in total. The van der Waals surface area contributed by atoms with Crippen LogP contribution in [0.3, 0.4) is 0 Å². The van der Waals surface area contributed by atoms with Crippen LogP contribution in [0.2, 0.25) is 0 Å². The Morgan fingerprint density at radius 1 is 1.47 bits per heavy atom. The molecular formula is C11H10N4. The molecule has 0 saturated carbocycles. The van der Waals surface area contributed by atoms with E-state index in [0.717, 1.165) is 11.3 Å². The van der Waals surface area contributed by atoms with Crippen molar-refractivity contribution in [2.75, 3.05) is 0 Å². The van der Waals surface area contributed by atoms with Crippen LogP contribution in [0.1, 0.15) is 11.1 Å². The Morgan fingerprint density at radius 2 is 2.33 bits per heavy atom. The largest absolute Gasteiger partial charge is 0.326 e. The number of aromatic nitrogens is 2. The van der Waals surface area contributed by atoms with Crippen molar-refractivity contribution in [2.24, 2.45) is 5.73 Å². The summed E-state index contributed by atoms with van der Waals surface area (Å²) in [5, 5.41) is 9.01. The lowest BCUT2D eigenvalue weighted by molar-refractivity contribution is 1.03. The van der Waals surface area contributed by atoms with Gasteiger partial charge in [-0.25, -0.2) is 4.98 Å². The van der Waals surface area contributed by atoms with Gasteiger partial charge in [-0.3, -0.25) is 0 Å². The minimum atomic E-state index is 0.443. The summed E-state index contributed by atoms with van der Waals surface area (Å²) < 4.78 is 1.80. The fraction of sp³-hybridized carbons (Fsp3) is 0.0909. The highest BCUT2D eigenvalue weighted by molar-refractivity contribution is 5.50. The Bertz CT molecular complexity index is 494. The third-order valence-electron chi connectivity index (χ3n) is 2.20. The van der Waals surface area contributed by atoms with Crippen LogP contribution in [0.5, 0.6) is 0 Å². The van der Waals surface area contributed by atoms with Crippen molar-refractivity contribution in [1.82, 2.24) is 9.55 Å². The average molecular weight is 198 g/mol. The number of nitrogens with two attached hydrogens (primary N) is 1. The van der Waals surface area contributed by atoms with Crippen molar-refractivity contribution < 1.29 is 0 Å². The first-order valence-corrected chi connectivity index (χ1v) is 4.56. The van der Waals surface area contributed by atoms with Gasteiger partial charge in [0.1, 0.15) is 6.07 Å². The molecule has 0 saturated heterocycles. The Labute approximate surface area is 87.6 Å². The van der Waals surface area contributed by atoms with E-state index in [9.17, 15) is 0 Å². The van der Waals surface area contributed by atoms with Crippen LogP contribution in [0, 0.1) is 11.3 Å². The molecule has 0 spiro atoms. The van der Waals surface area contributed by atoms with Crippen molar-refractivity contribution in [3.63, 3.8) is 0 Å². The topological polar surface area (TPSA) is 67.6 Å². The molecule has 0 fully saturated rings. The normalized spacial score (nSPS) is 9.87. The molecule has 74 valence electrons. The molecule has 0 aliphatic carbocycles. The van der Waals surface area contributed by atoms with Gasteiger partial charge in [-0.1, -0.05) is 6.07 Å². The van der Waals surface area contributed by atoms with Gasteiger partial charge in [0.2, 0.25) is 0 Å². The maximum atomic E-state index is 9.01. The van der Waals surface area contributed by atoms with Crippen LogP contribution in [-0.4, -0.2) is 9.55 Å². The first-order chi connectivity index (χ1) is 7.35. The van der Waals surface area contributed by atoms with E-state index in [2.05, 4.69) is 11.1 Å². The minimum Gasteiger partial charge on any atom is -0.326 e. The number of rotatable bonds is 2. The van der Waals surface area contributed by atoms with Crippen LogP contribution in [0.25, 0.3) is 5.69 Å². The molecule has 0 aliphatic rings. The van der Waals surface area contributed by atoms with Gasteiger partial charge in [-0.15, -0.1) is 0 Å². The van der Waals surface area contributed by atoms with Crippen molar-refractivity contribution in [3.8, 4) is 11.8 Å². The predicted molar refractivity (Wildman–Crippen MR) is 56.2 cm³/mol. The van der Waals surface area contributed by atoms with Gasteiger partial charge in [0.05, 0.1) is 17.6 Å². The number of imidazole rings is 1. The van der Waals surface area contributed by atoms with Gasteiger partial charge >= 0.3 is 0 Å². The summed E-state index contributed by atoms with van der Waals surface area (Å²) in [5.41, 5.74) is 7.90. The molecule has 4 heteroatoms. The number of nitrogens with zero attached hydrogens (tertiary/aromatic N) is 3. The monoisotopic (exact) mass is 198 g/mol. The zero-order valence-electron chi connectivity index (χ0n) is 8.09. The predicted octanol–water partition coefficient (Wildman–Crippen LogP) is 1.20. The lowest BCUT2D eigenvalue weighted by Crippen LogP contribution is -2.00. The van der Waals surface area contributed by atoms with Gasteiger partial charge in [-0.05, 0) is 17.7 Å². The second kappa shape index (κ2) is 3.95. The number of benzene rings is 1. The van der Waals surface area contributed by atoms with Gasteiger partial charge in [-0.2, -0.15) is 5.26 Å². The first-order valence-electron chi connectivity index (χ1n) is 4.56. The first kappa shape index (κ1) is 9.44. The second-order valence-corrected chi connectivity index (χ2v) is 3.14. The second-order valence-electron chi connectivity index (χ2n) is 3.14. The molecule has 1 aromatic heterocycles. The van der Waals surface area contributed by atoms with E-state index in [4.69, 9.17) is 11.0 Å². The number of hydrogen-bond acceptors (Lipinski definition) is 3. The molecule has 2 rings (SSSR count). The van der Waals surface area contributed by atoms with Crippen molar-refractivity contribution >= 4 is 0 Å². The number of hydrogen-bond donors (Lipinski definition) is 1. The molecular weight excluding hydrogens is 188 g/mol. The minimum absolute atomic E-state index is 0.443. The van der Waals surface area contributed by atoms with Gasteiger partial charge in [0, 0.05) is 18.9 Å². The maximum Gasteiger partial charge on any atom is 0.101 e. The van der Waals surface area contributed by atoms with E-state index in [1.807, 2.05) is 12.1 Å². The van der Waals surface area contributed by atoms with E-state index in [1.54, 1.807) is 29.4 Å². The van der Waals surface area contributed by atoms with E-state index in [0.29, 0.717) is 12.1 Å². The molecule has 4 nitrogen and oxygen atoms in total. The van der Waals surface area contributed by atoms with Crippen LogP contribution >= 0.6 is 0 Å². The summed E-state index contributed by atoms with van der Waals surface area (Å²) in [4.78, 5) is 3.95. The van der Waals surface area contributed by atoms with Crippen LogP contribution in [-0.2, 0) is 6.54 Å². The molecule has 0 aliphatic heterocycles. The Kier molecular flexibility index (Phi) is 2.48. The van der Waals surface area contributed by atoms with Crippen LogP contribution < -0.4 is 5.73 Å². The van der Waals surface area contributed by atoms with E-state index in [1.165, 1.54) is 0 Å². The van der Waals surface area contributed by atoms with E-state index < -0.39 is 0 Å². The van der Waals surface area contributed by atoms with Crippen molar-refractivity contribution in [1.29, 1.82) is 5.26 Å². The quantitative estimate of drug-likeness (QED) is 0.788. The Morgan fingerprint density at radius 3 is 2.93 bits per heavy atom. The lowest BCUT2D eigenvalue weighted by atomic mass is 10.1. The molecule has 0 atom stereocenters. The summed E-state index contributed by atoms with van der Waals surface area (Å²) in [5.74, 6) is 0. The fourth-order valence-corrected chi connectivity index (χ4v) is 1.43. The number of nitriles is 1. The van der Waals surface area contributed by atoms with Crippen LogP contribution in [0.4, 0.5) is 0 Å². The third-order valence-corrected chi connectivity index (χ3v) is 2.20. The highest BCUT2D eigenvalue weighted by atomic mass is 15.0. The summed E-state index contributed by atoms with van der Waals surface area (Å²) >= 11 is 0. The SMILES string of the molecule is N#Cc1cc(CN)ccc1-n1ccnc1. The zero-order chi connectivity index (χ0) is 10.7. The Balaban J connectivity index is 2.54. The highest BCUT2D eigenvalue weighted by Gasteiger charge is 2.04. The van der Waals surface area contributed by atoms with Crippen molar-refractivity contribution in [3.05, 3.63) is 48.0 Å². The van der Waals surface area contributed by atoms with Gasteiger partial charge in [0.25, 0.3) is 0 Å². The smallest absolute Gasteiger partial charge is 0.101 e. The van der Waals surface area contributed by atoms with E-state index >= 15 is 0 Å². The van der Waals surface area contributed by atoms with Crippen molar-refractivity contribution in [2.45, 2.75) is 6.54 Å². The van der Waals surface area contributed by atoms with Gasteiger partial charge < -0.3 is 10.3 Å². The molecule has 0 unspecified atom stereocenters. The summed E-state index contributed by atoms with van der Waals surface area (Å²) in [6.07, 6.45) is 5.15. The maximum absolute atomic E-state index is 9.01. The Hall–Kier alpha value is -2.12. The summed E-state index contributed by atoms with van der Waals surface area (Å²) in [6.45, 7) is 0.443. The molecule has 1 heterocycles. The fourth-order valence-electron chi connectivity index (χ4n) is 1.43. The molecule has 15 heavy (non-hydrogen) atoms.